The Morgan fingerprint density at radius 2 is 1.83 bits per heavy atom. The summed E-state index contributed by atoms with van der Waals surface area (Å²) >= 11 is 0. The van der Waals surface area contributed by atoms with E-state index in [0.717, 1.165) is 33.8 Å². The molecule has 4 rings (SSSR count). The number of hydrogen-bond acceptors (Lipinski definition) is 3. The van der Waals surface area contributed by atoms with Crippen LogP contribution >= 0.6 is 0 Å². The molecule has 1 aromatic heterocycles. The van der Waals surface area contributed by atoms with Gasteiger partial charge < -0.3 is 0 Å². The minimum atomic E-state index is -1.49. The van der Waals surface area contributed by atoms with Crippen LogP contribution < -0.4 is 0 Å². The lowest BCUT2D eigenvalue weighted by Crippen LogP contribution is -2.16. The minimum absolute atomic E-state index is 0.0480. The monoisotopic (exact) mass is 411 g/mol. The van der Waals surface area contributed by atoms with E-state index in [1.807, 2.05) is 35.8 Å². The fraction of sp³-hybridized carbons (Fsp3) is 0.240. The molecule has 0 saturated carbocycles. The molecule has 0 amide bonds. The number of fused-ring (bicyclic) bond motifs is 3. The predicted octanol–water partition coefficient (Wildman–Crippen LogP) is 5.22. The number of carbonyl (C=O) groups excluding carboxylic acids is 1. The quantitative estimate of drug-likeness (QED) is 0.330. The Balaban J connectivity index is 1.99. The molecule has 2 heterocycles. The number of imidazole rings is 1. The molecule has 30 heavy (non-hydrogen) atoms. The van der Waals surface area contributed by atoms with E-state index >= 15 is 0 Å². The third-order valence-corrected chi connectivity index (χ3v) is 5.87. The fourth-order valence-corrected chi connectivity index (χ4v) is 4.16. The van der Waals surface area contributed by atoms with Gasteiger partial charge in [-0.05, 0) is 25.1 Å². The fourth-order valence-electron chi connectivity index (χ4n) is 3.64. The van der Waals surface area contributed by atoms with Crippen molar-refractivity contribution in [2.45, 2.75) is 39.5 Å². The van der Waals surface area contributed by atoms with Crippen LogP contribution in [-0.4, -0.2) is 29.1 Å². The molecule has 0 unspecified atom stereocenters. The Morgan fingerprint density at radius 1 is 1.10 bits per heavy atom. The summed E-state index contributed by atoms with van der Waals surface area (Å²) < 4.78 is 2.01. The number of aliphatic imine (C=N–C) groups is 1. The van der Waals surface area contributed by atoms with Crippen molar-refractivity contribution in [2.75, 3.05) is 0 Å². The van der Waals surface area contributed by atoms with Gasteiger partial charge in [0.15, 0.2) is 5.78 Å². The third kappa shape index (κ3) is 3.79. The van der Waals surface area contributed by atoms with Crippen LogP contribution in [0.2, 0.25) is 19.6 Å². The van der Waals surface area contributed by atoms with Gasteiger partial charge in [-0.3, -0.25) is 14.4 Å². The van der Waals surface area contributed by atoms with Crippen LogP contribution in [0, 0.1) is 11.5 Å². The van der Waals surface area contributed by atoms with E-state index in [9.17, 15) is 4.79 Å². The largest absolute Gasteiger partial charge is 0.300 e. The normalized spacial score (nSPS) is 15.2. The van der Waals surface area contributed by atoms with E-state index in [0.29, 0.717) is 5.69 Å². The lowest BCUT2D eigenvalue weighted by molar-refractivity contribution is 0.101. The Labute approximate surface area is 178 Å². The summed E-state index contributed by atoms with van der Waals surface area (Å²) in [7, 11) is -1.49. The van der Waals surface area contributed by atoms with Crippen molar-refractivity contribution in [3.8, 4) is 17.2 Å². The Bertz CT molecular complexity index is 1220. The Morgan fingerprint density at radius 3 is 2.50 bits per heavy atom. The highest BCUT2D eigenvalue weighted by molar-refractivity contribution is 6.83. The second-order valence-corrected chi connectivity index (χ2v) is 13.4. The van der Waals surface area contributed by atoms with E-state index in [2.05, 4.69) is 60.4 Å². The van der Waals surface area contributed by atoms with Gasteiger partial charge in [0.2, 0.25) is 0 Å². The lowest BCUT2D eigenvalue weighted by atomic mass is 9.98. The highest BCUT2D eigenvalue weighted by Crippen LogP contribution is 2.33. The van der Waals surface area contributed by atoms with Gasteiger partial charge in [-0.2, -0.15) is 0 Å². The first-order valence-electron chi connectivity index (χ1n) is 10.1. The number of nitrogens with zero attached hydrogens (tertiary/aromatic N) is 3. The van der Waals surface area contributed by atoms with Crippen LogP contribution in [0.25, 0.3) is 5.69 Å². The average Bonchev–Trinajstić information content (AvgIpc) is 3.11. The number of hydrogen-bond donors (Lipinski definition) is 0. The maximum absolute atomic E-state index is 12.2. The van der Waals surface area contributed by atoms with Crippen LogP contribution in [0.15, 0.2) is 59.9 Å². The van der Waals surface area contributed by atoms with Crippen molar-refractivity contribution < 1.29 is 4.79 Å². The standard InChI is InChI=1S/C25H25N3OSi/c1-17-25-23(18(2)29)26-16-28(25)22-12-11-19(13-14-30(3,4)5)15-21(22)24(27-17)20-9-7-6-8-10-20/h6-12,15-17H,1-5H3/t17-/m0/s1. The molecule has 5 heteroatoms. The average molecular weight is 412 g/mol. The summed E-state index contributed by atoms with van der Waals surface area (Å²) in [5.41, 5.74) is 9.66. The zero-order valence-electron chi connectivity index (χ0n) is 18.0. The van der Waals surface area contributed by atoms with Gasteiger partial charge in [-0.1, -0.05) is 55.9 Å². The molecule has 0 saturated heterocycles. The van der Waals surface area contributed by atoms with Crippen molar-refractivity contribution in [1.29, 1.82) is 0 Å². The van der Waals surface area contributed by atoms with Crippen molar-refractivity contribution >= 4 is 19.6 Å². The molecule has 4 nitrogen and oxygen atoms in total. The van der Waals surface area contributed by atoms with Gasteiger partial charge in [0.1, 0.15) is 20.1 Å². The first-order chi connectivity index (χ1) is 14.2. The molecule has 2 aromatic carbocycles. The van der Waals surface area contributed by atoms with Crippen LogP contribution in [-0.2, 0) is 0 Å². The molecule has 0 spiro atoms. The summed E-state index contributed by atoms with van der Waals surface area (Å²) in [5.74, 6) is 3.32. The van der Waals surface area contributed by atoms with E-state index in [4.69, 9.17) is 4.99 Å². The van der Waals surface area contributed by atoms with E-state index in [-0.39, 0.29) is 11.8 Å². The molecule has 150 valence electrons. The van der Waals surface area contributed by atoms with Crippen LogP contribution in [0.5, 0.6) is 0 Å². The van der Waals surface area contributed by atoms with Crippen molar-refractivity contribution in [1.82, 2.24) is 9.55 Å². The molecule has 1 aliphatic heterocycles. The van der Waals surface area contributed by atoms with E-state index in [1.54, 1.807) is 13.3 Å². The molecule has 0 radical (unpaired) electrons. The second-order valence-electron chi connectivity index (χ2n) is 8.66. The van der Waals surface area contributed by atoms with Crippen LogP contribution in [0.1, 0.15) is 52.8 Å². The Kier molecular flexibility index (Phi) is 5.04. The van der Waals surface area contributed by atoms with Gasteiger partial charge in [-0.15, -0.1) is 5.54 Å². The summed E-state index contributed by atoms with van der Waals surface area (Å²) in [6, 6.07) is 16.2. The molecule has 0 N–H and O–H groups in total. The Hall–Kier alpha value is -3.23. The number of benzene rings is 2. The van der Waals surface area contributed by atoms with Gasteiger partial charge in [-0.25, -0.2) is 4.98 Å². The number of aromatic nitrogens is 2. The number of Topliss-reactive ketones (excluding diaryl/α,β-unsaturated/α-hetero) is 1. The summed E-state index contributed by atoms with van der Waals surface area (Å²) in [6.07, 6.45) is 1.73. The first-order valence-corrected chi connectivity index (χ1v) is 13.6. The molecular weight excluding hydrogens is 386 g/mol. The highest BCUT2D eigenvalue weighted by atomic mass is 28.3. The van der Waals surface area contributed by atoms with Crippen molar-refractivity contribution in [3.05, 3.63) is 82.9 Å². The zero-order valence-corrected chi connectivity index (χ0v) is 19.0. The molecule has 0 aliphatic carbocycles. The SMILES string of the molecule is CC(=O)c1ncn2c1[C@H](C)N=C(c1ccccc1)c1cc(C#C[Si](C)(C)C)ccc1-2. The number of rotatable bonds is 2. The molecular formula is C25H25N3OSi. The maximum Gasteiger partial charge on any atom is 0.180 e. The lowest BCUT2D eigenvalue weighted by Gasteiger charge is -2.13. The number of carbonyl (C=O) groups is 1. The second kappa shape index (κ2) is 7.55. The third-order valence-electron chi connectivity index (χ3n) is 5.00. The van der Waals surface area contributed by atoms with Gasteiger partial charge >= 0.3 is 0 Å². The number of ketones is 1. The van der Waals surface area contributed by atoms with Crippen molar-refractivity contribution in [3.63, 3.8) is 0 Å². The van der Waals surface area contributed by atoms with Gasteiger partial charge in [0, 0.05) is 23.6 Å². The maximum atomic E-state index is 12.2. The van der Waals surface area contributed by atoms with Crippen molar-refractivity contribution in [2.24, 2.45) is 4.99 Å². The van der Waals surface area contributed by atoms with E-state index in [1.165, 1.54) is 0 Å². The van der Waals surface area contributed by atoms with Crippen LogP contribution in [0.4, 0.5) is 0 Å². The molecule has 3 aromatic rings. The zero-order chi connectivity index (χ0) is 21.5. The predicted molar refractivity (Wildman–Crippen MR) is 124 cm³/mol. The summed E-state index contributed by atoms with van der Waals surface area (Å²) in [5, 5.41) is 0. The van der Waals surface area contributed by atoms with Crippen LogP contribution in [0.3, 0.4) is 0 Å². The summed E-state index contributed by atoms with van der Waals surface area (Å²) in [6.45, 7) is 10.3. The first kappa shape index (κ1) is 20.1. The molecule has 1 aliphatic rings. The highest BCUT2D eigenvalue weighted by Gasteiger charge is 2.27. The molecule has 0 fully saturated rings. The molecule has 0 bridgehead atoms. The topological polar surface area (TPSA) is 47.2 Å². The smallest absolute Gasteiger partial charge is 0.180 e. The van der Waals surface area contributed by atoms with E-state index < -0.39 is 8.07 Å². The van der Waals surface area contributed by atoms with Gasteiger partial charge in [0.05, 0.1) is 23.1 Å². The summed E-state index contributed by atoms with van der Waals surface area (Å²) in [4.78, 5) is 21.7. The molecule has 1 atom stereocenters. The van der Waals surface area contributed by atoms with Gasteiger partial charge in [0.25, 0.3) is 0 Å². The minimum Gasteiger partial charge on any atom is -0.300 e.